The van der Waals surface area contributed by atoms with Crippen molar-refractivity contribution in [2.75, 3.05) is 0 Å². The Bertz CT molecular complexity index is 961. The van der Waals surface area contributed by atoms with Crippen molar-refractivity contribution in [1.29, 1.82) is 0 Å². The van der Waals surface area contributed by atoms with Gasteiger partial charge in [-0.2, -0.15) is 13.2 Å². The maximum Gasteiger partial charge on any atom is 0.416 e. The van der Waals surface area contributed by atoms with Crippen LogP contribution in [0.3, 0.4) is 0 Å². The van der Waals surface area contributed by atoms with Crippen molar-refractivity contribution in [1.82, 2.24) is 24.9 Å². The molecule has 0 aliphatic rings. The summed E-state index contributed by atoms with van der Waals surface area (Å²) >= 11 is 0. The minimum atomic E-state index is -4.53. The van der Waals surface area contributed by atoms with Gasteiger partial charge < -0.3 is 10.3 Å². The normalized spacial score (nSPS) is 11.6. The first kappa shape index (κ1) is 15.7. The minimum absolute atomic E-state index is 0.0563. The van der Waals surface area contributed by atoms with Crippen LogP contribution >= 0.6 is 0 Å². The number of aromatic amines is 1. The quantitative estimate of drug-likeness (QED) is 0.755. The van der Waals surface area contributed by atoms with E-state index in [1.165, 1.54) is 22.9 Å². The van der Waals surface area contributed by atoms with Gasteiger partial charge in [-0.1, -0.05) is 6.07 Å². The van der Waals surface area contributed by atoms with Gasteiger partial charge in [0.2, 0.25) is 5.65 Å². The summed E-state index contributed by atoms with van der Waals surface area (Å²) in [6.07, 6.45) is -1.64. The first-order chi connectivity index (χ1) is 11.4. The molecule has 3 aromatic rings. The Kier molecular flexibility index (Phi) is 3.80. The molecule has 2 aromatic heterocycles. The van der Waals surface area contributed by atoms with Gasteiger partial charge in [-0.25, -0.2) is 0 Å². The third-order valence-corrected chi connectivity index (χ3v) is 3.27. The summed E-state index contributed by atoms with van der Waals surface area (Å²) in [6.45, 7) is -0.0975. The van der Waals surface area contributed by atoms with Crippen LogP contribution in [0.5, 0.6) is 0 Å². The number of carbonyl (C=O) groups excluding carboxylic acids is 1. The van der Waals surface area contributed by atoms with Gasteiger partial charge in [0.25, 0.3) is 11.5 Å². The van der Waals surface area contributed by atoms with E-state index in [1.807, 2.05) is 0 Å². The minimum Gasteiger partial charge on any atom is -0.345 e. The molecule has 124 valence electrons. The van der Waals surface area contributed by atoms with Crippen LogP contribution in [-0.2, 0) is 12.7 Å². The second-order valence-corrected chi connectivity index (χ2v) is 4.86. The summed E-state index contributed by atoms with van der Waals surface area (Å²) in [4.78, 5) is 26.0. The van der Waals surface area contributed by atoms with Gasteiger partial charge in [0.1, 0.15) is 0 Å². The van der Waals surface area contributed by atoms with Crippen molar-refractivity contribution in [2.45, 2.75) is 12.7 Å². The van der Waals surface area contributed by atoms with Crippen LogP contribution in [-0.4, -0.2) is 25.5 Å². The lowest BCUT2D eigenvalue weighted by Gasteiger charge is -2.09. The van der Waals surface area contributed by atoms with Crippen LogP contribution in [0, 0.1) is 0 Å². The molecule has 0 fully saturated rings. The van der Waals surface area contributed by atoms with Crippen molar-refractivity contribution in [2.24, 2.45) is 0 Å². The molecule has 1 amide bonds. The van der Waals surface area contributed by atoms with E-state index in [-0.39, 0.29) is 23.6 Å². The molecule has 0 aliphatic heterocycles. The third-order valence-electron chi connectivity index (χ3n) is 3.27. The third kappa shape index (κ3) is 2.98. The monoisotopic (exact) mass is 337 g/mol. The number of fused-ring (bicyclic) bond motifs is 1. The molecule has 3 rings (SSSR count). The highest BCUT2D eigenvalue weighted by molar-refractivity contribution is 5.94. The van der Waals surface area contributed by atoms with E-state index in [0.29, 0.717) is 0 Å². The van der Waals surface area contributed by atoms with E-state index in [4.69, 9.17) is 0 Å². The van der Waals surface area contributed by atoms with E-state index in [0.717, 1.165) is 18.2 Å². The molecule has 24 heavy (non-hydrogen) atoms. The molecule has 0 unspecified atom stereocenters. The maximum absolute atomic E-state index is 12.7. The number of carbonyl (C=O) groups is 1. The van der Waals surface area contributed by atoms with Gasteiger partial charge in [-0.3, -0.25) is 14.0 Å². The molecular formula is C14H10F3N5O2. The Labute approximate surface area is 132 Å². The molecule has 0 atom stereocenters. The number of nitrogens with zero attached hydrogens (tertiary/aromatic N) is 3. The van der Waals surface area contributed by atoms with Crippen molar-refractivity contribution in [3.63, 3.8) is 0 Å². The lowest BCUT2D eigenvalue weighted by molar-refractivity contribution is -0.137. The van der Waals surface area contributed by atoms with Gasteiger partial charge in [0.15, 0.2) is 5.82 Å². The molecule has 0 saturated heterocycles. The molecule has 0 spiro atoms. The van der Waals surface area contributed by atoms with Gasteiger partial charge in [-0.15, -0.1) is 10.2 Å². The molecule has 0 saturated carbocycles. The number of halogens is 3. The van der Waals surface area contributed by atoms with E-state index in [1.54, 1.807) is 0 Å². The lowest BCUT2D eigenvalue weighted by atomic mass is 10.1. The van der Waals surface area contributed by atoms with E-state index in [2.05, 4.69) is 20.5 Å². The van der Waals surface area contributed by atoms with Crippen molar-refractivity contribution >= 4 is 11.6 Å². The molecular weight excluding hydrogens is 327 g/mol. The first-order valence-electron chi connectivity index (χ1n) is 6.73. The Morgan fingerprint density at radius 3 is 2.83 bits per heavy atom. The second-order valence-electron chi connectivity index (χ2n) is 4.86. The van der Waals surface area contributed by atoms with Crippen LogP contribution in [0.2, 0.25) is 0 Å². The topological polar surface area (TPSA) is 92.2 Å². The molecule has 7 nitrogen and oxygen atoms in total. The van der Waals surface area contributed by atoms with Crippen LogP contribution in [0.1, 0.15) is 21.7 Å². The fraction of sp³-hybridized carbons (Fsp3) is 0.143. The number of amides is 1. The molecule has 1 aromatic carbocycles. The van der Waals surface area contributed by atoms with Crippen molar-refractivity contribution in [3.05, 3.63) is 64.0 Å². The number of benzene rings is 1. The standard InChI is InChI=1S/C14H10F3N5O2/c15-14(16,17)9-3-1-2-8(6-9)12(23)19-7-10-20-21-11-13(24)18-4-5-22(10)11/h1-6H,7H2,(H,18,24)(H,19,23). The number of hydrogen-bond donors (Lipinski definition) is 2. The van der Waals surface area contributed by atoms with Gasteiger partial charge in [-0.05, 0) is 18.2 Å². The number of aromatic nitrogens is 4. The number of nitrogens with one attached hydrogen (secondary N) is 2. The summed E-state index contributed by atoms with van der Waals surface area (Å²) in [5.74, 6) is -0.417. The van der Waals surface area contributed by atoms with Crippen molar-refractivity contribution in [3.8, 4) is 0 Å². The predicted molar refractivity (Wildman–Crippen MR) is 76.2 cm³/mol. The highest BCUT2D eigenvalue weighted by atomic mass is 19.4. The summed E-state index contributed by atoms with van der Waals surface area (Å²) in [7, 11) is 0. The SMILES string of the molecule is O=C(NCc1nnc2c(=O)[nH]ccn12)c1cccc(C(F)(F)F)c1. The molecule has 2 N–H and O–H groups in total. The summed E-state index contributed by atoms with van der Waals surface area (Å²) in [5.41, 5.74) is -1.42. The van der Waals surface area contributed by atoms with Crippen LogP contribution in [0.15, 0.2) is 41.5 Å². The van der Waals surface area contributed by atoms with Crippen LogP contribution in [0.25, 0.3) is 5.65 Å². The number of rotatable bonds is 3. The van der Waals surface area contributed by atoms with Gasteiger partial charge >= 0.3 is 6.18 Å². The van der Waals surface area contributed by atoms with E-state index in [9.17, 15) is 22.8 Å². The number of hydrogen-bond acceptors (Lipinski definition) is 4. The molecule has 10 heteroatoms. The Morgan fingerprint density at radius 2 is 2.08 bits per heavy atom. The number of H-pyrrole nitrogens is 1. The Balaban J connectivity index is 1.78. The molecule has 0 bridgehead atoms. The average molecular weight is 337 g/mol. The van der Waals surface area contributed by atoms with E-state index >= 15 is 0 Å². The van der Waals surface area contributed by atoms with Gasteiger partial charge in [0, 0.05) is 18.0 Å². The molecule has 0 aliphatic carbocycles. The Hall–Kier alpha value is -3.17. The predicted octanol–water partition coefficient (Wildman–Crippen LogP) is 1.37. The van der Waals surface area contributed by atoms with Crippen LogP contribution < -0.4 is 10.9 Å². The fourth-order valence-electron chi connectivity index (χ4n) is 2.11. The highest BCUT2D eigenvalue weighted by Crippen LogP contribution is 2.29. The van der Waals surface area contributed by atoms with Gasteiger partial charge in [0.05, 0.1) is 12.1 Å². The fourth-order valence-corrected chi connectivity index (χ4v) is 2.11. The van der Waals surface area contributed by atoms with Crippen LogP contribution in [0.4, 0.5) is 13.2 Å². The maximum atomic E-state index is 12.7. The Morgan fingerprint density at radius 1 is 1.29 bits per heavy atom. The average Bonchev–Trinajstić information content (AvgIpc) is 2.96. The zero-order valence-electron chi connectivity index (χ0n) is 12.0. The van der Waals surface area contributed by atoms with E-state index < -0.39 is 23.2 Å². The summed E-state index contributed by atoms with van der Waals surface area (Å²) in [6, 6.07) is 4.08. The first-order valence-corrected chi connectivity index (χ1v) is 6.73. The van der Waals surface area contributed by atoms with Crippen molar-refractivity contribution < 1.29 is 18.0 Å². The highest BCUT2D eigenvalue weighted by Gasteiger charge is 2.30. The lowest BCUT2D eigenvalue weighted by Crippen LogP contribution is -2.24. The molecule has 2 heterocycles. The summed E-state index contributed by atoms with van der Waals surface area (Å²) in [5, 5.41) is 9.91. The molecule has 0 radical (unpaired) electrons. The zero-order chi connectivity index (χ0) is 17.3. The largest absolute Gasteiger partial charge is 0.416 e. The summed E-state index contributed by atoms with van der Waals surface area (Å²) < 4.78 is 39.4. The number of alkyl halides is 3. The smallest absolute Gasteiger partial charge is 0.345 e. The zero-order valence-corrected chi connectivity index (χ0v) is 12.0. The second kappa shape index (κ2) is 5.80.